The molecule has 2 aromatic carbocycles. The van der Waals surface area contributed by atoms with E-state index in [4.69, 9.17) is 14.5 Å². The number of aromatic nitrogens is 4. The van der Waals surface area contributed by atoms with Gasteiger partial charge in [-0.3, -0.25) is 14.7 Å². The molecule has 0 spiro atoms. The number of nitrogens with one attached hydrogen (secondary N) is 2. The highest BCUT2D eigenvalue weighted by molar-refractivity contribution is 5.75. The lowest BCUT2D eigenvalue weighted by atomic mass is 9.96. The van der Waals surface area contributed by atoms with Gasteiger partial charge in [-0.25, -0.2) is 19.6 Å². The molecule has 2 saturated heterocycles. The molecule has 2 atom stereocenters. The molecule has 4 aromatic rings. The van der Waals surface area contributed by atoms with Crippen molar-refractivity contribution in [2.45, 2.75) is 104 Å². The smallest absolute Gasteiger partial charge is 0.410 e. The third-order valence-corrected chi connectivity index (χ3v) is 9.54. The maximum Gasteiger partial charge on any atom is 0.410 e. The lowest BCUT2D eigenvalue weighted by molar-refractivity contribution is 0.0208. The van der Waals surface area contributed by atoms with Crippen LogP contribution in [0.2, 0.25) is 0 Å². The quantitative estimate of drug-likeness (QED) is 0.223. The van der Waals surface area contributed by atoms with Crippen molar-refractivity contribution < 1.29 is 19.1 Å². The number of imidazole rings is 2. The van der Waals surface area contributed by atoms with E-state index in [-0.39, 0.29) is 24.3 Å². The van der Waals surface area contributed by atoms with Crippen molar-refractivity contribution in [3.05, 3.63) is 71.6 Å². The van der Waals surface area contributed by atoms with E-state index in [1.807, 2.05) is 52.6 Å². The monoisotopic (exact) mass is 679 g/mol. The summed E-state index contributed by atoms with van der Waals surface area (Å²) in [5, 5.41) is 0. The summed E-state index contributed by atoms with van der Waals surface area (Å²) in [4.78, 5) is 48.7. The Morgan fingerprint density at radius 3 is 1.96 bits per heavy atom. The second-order valence-corrected chi connectivity index (χ2v) is 15.9. The molecule has 11 heteroatoms. The molecule has 0 unspecified atom stereocenters. The summed E-state index contributed by atoms with van der Waals surface area (Å²) >= 11 is 0. The van der Waals surface area contributed by atoms with E-state index in [1.165, 1.54) is 5.56 Å². The number of fused-ring (bicyclic) bond motifs is 3. The summed E-state index contributed by atoms with van der Waals surface area (Å²) in [5.74, 6) is 1.61. The highest BCUT2D eigenvalue weighted by Gasteiger charge is 2.37. The minimum absolute atomic E-state index is 0.122. The highest BCUT2D eigenvalue weighted by atomic mass is 16.6. The maximum atomic E-state index is 13.0. The van der Waals surface area contributed by atoms with E-state index in [0.29, 0.717) is 13.1 Å². The molecule has 11 nitrogen and oxygen atoms in total. The maximum absolute atomic E-state index is 13.0. The molecule has 2 N–H and O–H groups in total. The second kappa shape index (κ2) is 12.9. The zero-order valence-corrected chi connectivity index (χ0v) is 30.3. The topological polar surface area (TPSA) is 120 Å². The Labute approximate surface area is 294 Å². The normalized spacial score (nSPS) is 19.7. The number of hydrogen-bond acceptors (Lipinski definition) is 7. The molecular formula is C39H49N7O4. The number of nitrogens with zero attached hydrogens (tertiary/aromatic N) is 5. The van der Waals surface area contributed by atoms with Crippen LogP contribution < -0.4 is 0 Å². The summed E-state index contributed by atoms with van der Waals surface area (Å²) in [6, 6.07) is 14.9. The number of amides is 2. The second-order valence-electron chi connectivity index (χ2n) is 15.9. The summed E-state index contributed by atoms with van der Waals surface area (Å²) in [6.45, 7) is 14.2. The van der Waals surface area contributed by atoms with Gasteiger partial charge in [0.2, 0.25) is 0 Å². The lowest BCUT2D eigenvalue weighted by Gasteiger charge is -2.27. The number of aromatic amines is 2. The minimum Gasteiger partial charge on any atom is -0.444 e. The molecule has 50 heavy (non-hydrogen) atoms. The molecule has 0 saturated carbocycles. The fourth-order valence-corrected chi connectivity index (χ4v) is 7.35. The molecule has 3 aliphatic heterocycles. The summed E-state index contributed by atoms with van der Waals surface area (Å²) in [5.41, 5.74) is 7.48. The molecule has 3 aliphatic rings. The first kappa shape index (κ1) is 33.8. The van der Waals surface area contributed by atoms with Crippen molar-refractivity contribution in [1.82, 2.24) is 34.6 Å². The number of benzene rings is 2. The summed E-state index contributed by atoms with van der Waals surface area (Å²) < 4.78 is 11.4. The third-order valence-electron chi connectivity index (χ3n) is 9.54. The van der Waals surface area contributed by atoms with Gasteiger partial charge in [-0.05, 0) is 103 Å². The number of hydrogen-bond donors (Lipinski definition) is 2. The predicted molar refractivity (Wildman–Crippen MR) is 192 cm³/mol. The molecule has 0 aliphatic carbocycles. The lowest BCUT2D eigenvalue weighted by Crippen LogP contribution is -2.36. The van der Waals surface area contributed by atoms with Crippen LogP contribution in [0.5, 0.6) is 0 Å². The van der Waals surface area contributed by atoms with Crippen LogP contribution in [0.1, 0.15) is 102 Å². The number of ether oxygens (including phenoxy) is 2. The molecule has 2 fully saturated rings. The first-order valence-electron chi connectivity index (χ1n) is 17.8. The summed E-state index contributed by atoms with van der Waals surface area (Å²) in [7, 11) is 2.13. The van der Waals surface area contributed by atoms with Gasteiger partial charge >= 0.3 is 12.2 Å². The van der Waals surface area contributed by atoms with Crippen LogP contribution in [0.25, 0.3) is 33.6 Å². The standard InChI is InChI=1S/C39H49N7O4/c1-38(2,3)49-36(47)45-18-8-10-31(45)34-40-21-29(41-34)25-14-12-24(13-15-25)26-16-17-28-27(20-26)22-44(7)23-30-33(28)43-35(42-30)32-11-9-19-46(32)37(48)50-39(4,5)6/h12-17,20-21,31-32H,8-11,18-19,22-23H2,1-7H3,(H,40,41)(H,42,43)/t31-,32-/m0/s1. The Morgan fingerprint density at radius 1 is 0.760 bits per heavy atom. The van der Waals surface area contributed by atoms with E-state index >= 15 is 0 Å². The Balaban J connectivity index is 1.09. The number of H-pyrrole nitrogens is 2. The number of carbonyl (C=O) groups is 2. The van der Waals surface area contributed by atoms with Gasteiger partial charge in [-0.15, -0.1) is 0 Å². The molecule has 0 radical (unpaired) electrons. The average Bonchev–Trinajstić information content (AvgIpc) is 3.85. The van der Waals surface area contributed by atoms with E-state index in [1.54, 1.807) is 4.90 Å². The van der Waals surface area contributed by atoms with Crippen molar-refractivity contribution in [3.63, 3.8) is 0 Å². The molecule has 2 amide bonds. The fourth-order valence-electron chi connectivity index (χ4n) is 7.35. The van der Waals surface area contributed by atoms with Crippen LogP contribution >= 0.6 is 0 Å². The minimum atomic E-state index is -0.547. The Kier molecular flexibility index (Phi) is 8.74. The van der Waals surface area contributed by atoms with Crippen LogP contribution in [0.3, 0.4) is 0 Å². The average molecular weight is 680 g/mol. The van der Waals surface area contributed by atoms with E-state index in [2.05, 4.69) is 69.4 Å². The molecule has 0 bridgehead atoms. The number of carbonyl (C=O) groups excluding carboxylic acids is 2. The zero-order chi connectivity index (χ0) is 35.4. The van der Waals surface area contributed by atoms with Crippen LogP contribution in [0.15, 0.2) is 48.7 Å². The molecule has 2 aromatic heterocycles. The number of likely N-dealkylation sites (tertiary alicyclic amines) is 2. The molecule has 5 heterocycles. The van der Waals surface area contributed by atoms with Crippen LogP contribution in [0.4, 0.5) is 9.59 Å². The molecular weight excluding hydrogens is 630 g/mol. The van der Waals surface area contributed by atoms with Gasteiger partial charge < -0.3 is 19.4 Å². The van der Waals surface area contributed by atoms with Crippen molar-refractivity contribution in [3.8, 4) is 33.6 Å². The fraction of sp³-hybridized carbons (Fsp3) is 0.487. The van der Waals surface area contributed by atoms with Crippen molar-refractivity contribution in [1.29, 1.82) is 0 Å². The molecule has 7 rings (SSSR count). The van der Waals surface area contributed by atoms with Crippen molar-refractivity contribution in [2.75, 3.05) is 20.1 Å². The van der Waals surface area contributed by atoms with Crippen LogP contribution in [0, 0.1) is 0 Å². The Hall–Kier alpha value is -4.64. The SMILES string of the molecule is CN1Cc2cc(-c3ccc(-c4cnc([C@@H]5CCCN5C(=O)OC(C)(C)C)[nH]4)cc3)ccc2-c2nc([C@@H]3CCCN3C(=O)OC(C)(C)C)[nH]c2C1. The third kappa shape index (κ3) is 7.01. The van der Waals surface area contributed by atoms with Gasteiger partial charge in [-0.1, -0.05) is 36.4 Å². The summed E-state index contributed by atoms with van der Waals surface area (Å²) in [6.07, 6.45) is 4.81. The van der Waals surface area contributed by atoms with E-state index in [9.17, 15) is 9.59 Å². The highest BCUT2D eigenvalue weighted by Crippen LogP contribution is 2.39. The van der Waals surface area contributed by atoms with Gasteiger partial charge in [0.05, 0.1) is 35.4 Å². The Morgan fingerprint density at radius 2 is 1.34 bits per heavy atom. The molecule has 264 valence electrons. The van der Waals surface area contributed by atoms with Crippen molar-refractivity contribution in [2.24, 2.45) is 0 Å². The first-order valence-corrected chi connectivity index (χ1v) is 17.8. The van der Waals surface area contributed by atoms with Gasteiger partial charge in [0.25, 0.3) is 0 Å². The van der Waals surface area contributed by atoms with Gasteiger partial charge in [0.1, 0.15) is 22.9 Å². The van der Waals surface area contributed by atoms with Crippen molar-refractivity contribution >= 4 is 12.2 Å². The first-order chi connectivity index (χ1) is 23.7. The van der Waals surface area contributed by atoms with Crippen LogP contribution in [-0.2, 0) is 22.6 Å². The van der Waals surface area contributed by atoms with E-state index in [0.717, 1.165) is 89.8 Å². The van der Waals surface area contributed by atoms with Crippen LogP contribution in [-0.4, -0.2) is 78.2 Å². The Bertz CT molecular complexity index is 1880. The largest absolute Gasteiger partial charge is 0.444 e. The predicted octanol–water partition coefficient (Wildman–Crippen LogP) is 8.22. The zero-order valence-electron chi connectivity index (χ0n) is 30.3. The van der Waals surface area contributed by atoms with Gasteiger partial charge in [0.15, 0.2) is 0 Å². The number of rotatable bonds is 4. The van der Waals surface area contributed by atoms with Gasteiger partial charge in [-0.2, -0.15) is 0 Å². The van der Waals surface area contributed by atoms with E-state index < -0.39 is 11.2 Å². The van der Waals surface area contributed by atoms with Gasteiger partial charge in [0, 0.05) is 31.7 Å².